The van der Waals surface area contributed by atoms with Crippen molar-refractivity contribution in [2.45, 2.75) is 31.7 Å². The molecule has 2 aromatic heterocycles. The molecule has 1 aliphatic heterocycles. The smallest absolute Gasteiger partial charge is 0.234 e. The van der Waals surface area contributed by atoms with E-state index in [1.54, 1.807) is 11.3 Å². The van der Waals surface area contributed by atoms with Crippen LogP contribution >= 0.6 is 11.3 Å². The second kappa shape index (κ2) is 4.35. The standard InChI is InChI=1S/C15H15N5S/c1-2-10-8-16-7-6-11(10)12(3-1)14-19-20-13(9-4-5-9)17-18-15(20)21-14/h1-3,9,16H,4-8H2. The van der Waals surface area contributed by atoms with Gasteiger partial charge in [-0.15, -0.1) is 10.2 Å². The maximum atomic E-state index is 4.80. The molecule has 1 fully saturated rings. The third kappa shape index (κ3) is 1.82. The van der Waals surface area contributed by atoms with Crippen molar-refractivity contribution in [3.05, 3.63) is 35.2 Å². The Hall–Kier alpha value is -1.79. The highest BCUT2D eigenvalue weighted by Crippen LogP contribution is 2.40. The average Bonchev–Trinajstić information content (AvgIpc) is 3.15. The van der Waals surface area contributed by atoms with Crippen molar-refractivity contribution in [2.24, 2.45) is 0 Å². The second-order valence-electron chi connectivity index (χ2n) is 5.80. The zero-order valence-electron chi connectivity index (χ0n) is 11.5. The van der Waals surface area contributed by atoms with Crippen LogP contribution in [-0.2, 0) is 13.0 Å². The van der Waals surface area contributed by atoms with Crippen molar-refractivity contribution in [3.63, 3.8) is 0 Å². The lowest BCUT2D eigenvalue weighted by atomic mass is 9.96. The zero-order chi connectivity index (χ0) is 13.8. The molecule has 5 nitrogen and oxygen atoms in total. The molecule has 0 saturated heterocycles. The van der Waals surface area contributed by atoms with Crippen molar-refractivity contribution in [3.8, 4) is 10.6 Å². The quantitative estimate of drug-likeness (QED) is 0.789. The van der Waals surface area contributed by atoms with Gasteiger partial charge in [-0.25, -0.2) is 0 Å². The minimum Gasteiger partial charge on any atom is -0.312 e. The molecule has 0 unspecified atom stereocenters. The average molecular weight is 297 g/mol. The highest BCUT2D eigenvalue weighted by Gasteiger charge is 2.30. The predicted molar refractivity (Wildman–Crippen MR) is 81.5 cm³/mol. The number of aromatic nitrogens is 4. The van der Waals surface area contributed by atoms with E-state index in [0.717, 1.165) is 35.3 Å². The van der Waals surface area contributed by atoms with Crippen LogP contribution in [0.15, 0.2) is 18.2 Å². The molecule has 2 aliphatic rings. The molecule has 1 aromatic carbocycles. The van der Waals surface area contributed by atoms with Gasteiger partial charge >= 0.3 is 0 Å². The van der Waals surface area contributed by atoms with Gasteiger partial charge in [0.15, 0.2) is 5.82 Å². The van der Waals surface area contributed by atoms with Gasteiger partial charge in [-0.1, -0.05) is 29.5 Å². The largest absolute Gasteiger partial charge is 0.312 e. The molecule has 1 N–H and O–H groups in total. The van der Waals surface area contributed by atoms with Crippen LogP contribution < -0.4 is 5.32 Å². The lowest BCUT2D eigenvalue weighted by Gasteiger charge is -2.19. The molecule has 5 rings (SSSR count). The summed E-state index contributed by atoms with van der Waals surface area (Å²) in [6.07, 6.45) is 3.52. The number of benzene rings is 1. The number of hydrogen-bond donors (Lipinski definition) is 1. The summed E-state index contributed by atoms with van der Waals surface area (Å²) in [6, 6.07) is 6.53. The van der Waals surface area contributed by atoms with Crippen LogP contribution in [0, 0.1) is 0 Å². The highest BCUT2D eigenvalue weighted by atomic mass is 32.1. The van der Waals surface area contributed by atoms with E-state index >= 15 is 0 Å². The van der Waals surface area contributed by atoms with Crippen LogP contribution in [0.3, 0.4) is 0 Å². The summed E-state index contributed by atoms with van der Waals surface area (Å²) in [7, 11) is 0. The van der Waals surface area contributed by atoms with Crippen LogP contribution in [0.2, 0.25) is 0 Å². The fourth-order valence-corrected chi connectivity index (χ4v) is 3.97. The van der Waals surface area contributed by atoms with Crippen LogP contribution in [0.5, 0.6) is 0 Å². The van der Waals surface area contributed by atoms with Gasteiger partial charge in [0.05, 0.1) is 0 Å². The minimum absolute atomic E-state index is 0.573. The summed E-state index contributed by atoms with van der Waals surface area (Å²) in [5.41, 5.74) is 4.10. The van der Waals surface area contributed by atoms with E-state index in [-0.39, 0.29) is 0 Å². The van der Waals surface area contributed by atoms with E-state index in [9.17, 15) is 0 Å². The number of nitrogens with one attached hydrogen (secondary N) is 1. The van der Waals surface area contributed by atoms with Gasteiger partial charge in [0.1, 0.15) is 5.01 Å². The van der Waals surface area contributed by atoms with Gasteiger partial charge in [-0.05, 0) is 36.9 Å². The Bertz CT molecular complexity index is 830. The summed E-state index contributed by atoms with van der Waals surface area (Å²) in [4.78, 5) is 0.915. The van der Waals surface area contributed by atoms with Crippen LogP contribution in [0.25, 0.3) is 15.5 Å². The number of hydrogen-bond acceptors (Lipinski definition) is 5. The maximum absolute atomic E-state index is 4.80. The molecule has 106 valence electrons. The van der Waals surface area contributed by atoms with Gasteiger partial charge in [0.2, 0.25) is 4.96 Å². The lowest BCUT2D eigenvalue weighted by Crippen LogP contribution is -2.24. The first-order valence-corrected chi connectivity index (χ1v) is 8.26. The first kappa shape index (κ1) is 11.8. The molecule has 0 amide bonds. The Labute approximate surface area is 126 Å². The van der Waals surface area contributed by atoms with E-state index in [1.807, 2.05) is 4.52 Å². The monoisotopic (exact) mass is 297 g/mol. The van der Waals surface area contributed by atoms with Gasteiger partial charge < -0.3 is 5.32 Å². The zero-order valence-corrected chi connectivity index (χ0v) is 12.4. The van der Waals surface area contributed by atoms with Gasteiger partial charge in [0.25, 0.3) is 0 Å². The van der Waals surface area contributed by atoms with Crippen LogP contribution in [0.1, 0.15) is 35.7 Å². The molecule has 0 bridgehead atoms. The van der Waals surface area contributed by atoms with E-state index in [1.165, 1.54) is 29.5 Å². The molecule has 21 heavy (non-hydrogen) atoms. The van der Waals surface area contributed by atoms with Crippen LogP contribution in [0.4, 0.5) is 0 Å². The summed E-state index contributed by atoms with van der Waals surface area (Å²) in [5, 5.41) is 17.9. The minimum atomic E-state index is 0.573. The Kier molecular flexibility index (Phi) is 2.45. The first-order valence-electron chi connectivity index (χ1n) is 7.44. The van der Waals surface area contributed by atoms with E-state index in [2.05, 4.69) is 33.7 Å². The molecular weight excluding hydrogens is 282 g/mol. The summed E-state index contributed by atoms with van der Waals surface area (Å²) >= 11 is 1.65. The van der Waals surface area contributed by atoms with Crippen molar-refractivity contribution in [2.75, 3.05) is 6.54 Å². The Balaban J connectivity index is 1.67. The summed E-state index contributed by atoms with van der Waals surface area (Å²) in [6.45, 7) is 2.00. The van der Waals surface area contributed by atoms with Crippen molar-refractivity contribution in [1.82, 2.24) is 25.1 Å². The van der Waals surface area contributed by atoms with E-state index in [4.69, 9.17) is 5.10 Å². The van der Waals surface area contributed by atoms with Crippen molar-refractivity contribution in [1.29, 1.82) is 0 Å². The Morgan fingerprint density at radius 2 is 2.19 bits per heavy atom. The first-order chi connectivity index (χ1) is 10.4. The molecular formula is C15H15N5S. The van der Waals surface area contributed by atoms with Gasteiger partial charge in [-0.3, -0.25) is 0 Å². The topological polar surface area (TPSA) is 55.1 Å². The number of nitrogens with zero attached hydrogens (tertiary/aromatic N) is 4. The van der Waals surface area contributed by atoms with Gasteiger partial charge in [-0.2, -0.15) is 9.61 Å². The fraction of sp³-hybridized carbons (Fsp3) is 0.400. The van der Waals surface area contributed by atoms with Crippen molar-refractivity contribution >= 4 is 16.3 Å². The third-order valence-electron chi connectivity index (χ3n) is 4.33. The summed E-state index contributed by atoms with van der Waals surface area (Å²) in [5.74, 6) is 1.61. The second-order valence-corrected chi connectivity index (χ2v) is 6.76. The van der Waals surface area contributed by atoms with E-state index < -0.39 is 0 Å². The number of rotatable bonds is 2. The molecule has 0 spiro atoms. The Morgan fingerprint density at radius 3 is 3.10 bits per heavy atom. The normalized spacial score (nSPS) is 18.1. The lowest BCUT2D eigenvalue weighted by molar-refractivity contribution is 0.644. The number of fused-ring (bicyclic) bond motifs is 2. The molecule has 1 saturated carbocycles. The van der Waals surface area contributed by atoms with Crippen molar-refractivity contribution < 1.29 is 0 Å². The SMILES string of the molecule is c1cc2c(c(-c3nn4c(C5CC5)nnc4s3)c1)CCNC2. The Morgan fingerprint density at radius 1 is 1.24 bits per heavy atom. The molecule has 1 aliphatic carbocycles. The summed E-state index contributed by atoms with van der Waals surface area (Å²) < 4.78 is 1.96. The molecule has 6 heteroatoms. The fourth-order valence-electron chi connectivity index (χ4n) is 3.07. The van der Waals surface area contributed by atoms with E-state index in [0.29, 0.717) is 5.92 Å². The third-order valence-corrected chi connectivity index (χ3v) is 5.26. The molecule has 0 radical (unpaired) electrons. The maximum Gasteiger partial charge on any atom is 0.234 e. The van der Waals surface area contributed by atoms with Gasteiger partial charge in [0, 0.05) is 18.0 Å². The molecule has 3 heterocycles. The van der Waals surface area contributed by atoms with Crippen LogP contribution in [-0.4, -0.2) is 26.4 Å². The predicted octanol–water partition coefficient (Wildman–Crippen LogP) is 2.38. The molecule has 3 aromatic rings. The highest BCUT2D eigenvalue weighted by molar-refractivity contribution is 7.19. The molecule has 0 atom stereocenters.